The van der Waals surface area contributed by atoms with Gasteiger partial charge in [0, 0.05) is 0 Å². The molecule has 0 unspecified atom stereocenters. The quantitative estimate of drug-likeness (QED) is 0.699. The number of thioether (sulfide) groups is 1. The highest BCUT2D eigenvalue weighted by Gasteiger charge is 2.23. The Balaban J connectivity index is 1.72. The molecule has 0 atom stereocenters. The van der Waals surface area contributed by atoms with Gasteiger partial charge < -0.3 is 15.2 Å². The topological polar surface area (TPSA) is 88.0 Å². The molecule has 2 aromatic carbocycles. The maximum absolute atomic E-state index is 12.1. The van der Waals surface area contributed by atoms with Crippen LogP contribution < -0.4 is 10.1 Å². The summed E-state index contributed by atoms with van der Waals surface area (Å²) in [5, 5.41) is 12.5. The van der Waals surface area contributed by atoms with Crippen molar-refractivity contribution < 1.29 is 19.4 Å². The van der Waals surface area contributed by atoms with Crippen LogP contribution in [0.25, 0.3) is 6.08 Å². The van der Waals surface area contributed by atoms with Crippen LogP contribution in [-0.2, 0) is 9.59 Å². The van der Waals surface area contributed by atoms with E-state index in [2.05, 4.69) is 10.3 Å². The molecule has 2 aromatic rings. The van der Waals surface area contributed by atoms with Crippen LogP contribution in [0.4, 0.5) is 5.69 Å². The van der Waals surface area contributed by atoms with E-state index >= 15 is 0 Å². The summed E-state index contributed by atoms with van der Waals surface area (Å²) in [4.78, 5) is 27.4. The van der Waals surface area contributed by atoms with Crippen LogP contribution in [0.15, 0.2) is 52.4 Å². The zero-order valence-electron chi connectivity index (χ0n) is 13.6. The number of nitrogens with zero attached hydrogens (tertiary/aromatic N) is 1. The number of amides is 1. The van der Waals surface area contributed by atoms with Crippen LogP contribution in [0.5, 0.6) is 5.75 Å². The molecule has 0 spiro atoms. The summed E-state index contributed by atoms with van der Waals surface area (Å²) in [5.74, 6) is -0.871. The van der Waals surface area contributed by atoms with Crippen molar-refractivity contribution in [2.75, 3.05) is 6.61 Å². The maximum Gasteiger partial charge on any atom is 0.341 e. The van der Waals surface area contributed by atoms with Gasteiger partial charge in [0.05, 0.1) is 20.6 Å². The first-order valence-corrected chi connectivity index (χ1v) is 9.17. The zero-order chi connectivity index (χ0) is 19.4. The first-order valence-electron chi connectivity index (χ1n) is 7.60. The van der Waals surface area contributed by atoms with Crippen molar-refractivity contribution in [2.24, 2.45) is 4.99 Å². The average Bonchev–Trinajstić information content (AvgIpc) is 2.96. The summed E-state index contributed by atoms with van der Waals surface area (Å²) in [7, 11) is 0. The van der Waals surface area contributed by atoms with Gasteiger partial charge in [-0.3, -0.25) is 4.79 Å². The first-order chi connectivity index (χ1) is 12.9. The molecule has 1 aliphatic heterocycles. The Kier molecular flexibility index (Phi) is 6.05. The summed E-state index contributed by atoms with van der Waals surface area (Å²) in [6.45, 7) is -0.409. The molecule has 9 heteroatoms. The van der Waals surface area contributed by atoms with Gasteiger partial charge in [-0.1, -0.05) is 35.3 Å². The number of hydrogen-bond donors (Lipinski definition) is 2. The van der Waals surface area contributed by atoms with E-state index in [4.69, 9.17) is 33.0 Å². The Morgan fingerprint density at radius 2 is 1.93 bits per heavy atom. The fourth-order valence-electron chi connectivity index (χ4n) is 2.11. The molecular formula is C18H12Cl2N2O4S. The lowest BCUT2D eigenvalue weighted by molar-refractivity contribution is -0.139. The summed E-state index contributed by atoms with van der Waals surface area (Å²) in [6, 6.07) is 11.7. The van der Waals surface area contributed by atoms with E-state index in [1.54, 1.807) is 48.5 Å². The number of carbonyl (C=O) groups excluding carboxylic acids is 1. The number of carboxylic acid groups (broad SMARTS) is 1. The largest absolute Gasteiger partial charge is 0.482 e. The number of benzene rings is 2. The Bertz CT molecular complexity index is 958. The number of carbonyl (C=O) groups is 2. The number of amidine groups is 1. The van der Waals surface area contributed by atoms with Crippen molar-refractivity contribution >= 4 is 63.8 Å². The zero-order valence-corrected chi connectivity index (χ0v) is 15.9. The molecule has 0 aliphatic carbocycles. The third kappa shape index (κ3) is 5.26. The average molecular weight is 423 g/mol. The van der Waals surface area contributed by atoms with Gasteiger partial charge in [0.25, 0.3) is 5.91 Å². The highest BCUT2D eigenvalue weighted by Crippen LogP contribution is 2.31. The van der Waals surface area contributed by atoms with E-state index in [1.807, 2.05) is 0 Å². The van der Waals surface area contributed by atoms with Gasteiger partial charge in [0.15, 0.2) is 11.8 Å². The predicted octanol–water partition coefficient (Wildman–Crippen LogP) is 4.35. The van der Waals surface area contributed by atoms with E-state index < -0.39 is 12.6 Å². The summed E-state index contributed by atoms with van der Waals surface area (Å²) in [5.41, 5.74) is 1.35. The van der Waals surface area contributed by atoms with Gasteiger partial charge in [-0.05, 0) is 53.7 Å². The standard InChI is InChI=1S/C18H12Cl2N2O4S/c19-13-6-3-11(8-14(13)20)21-18-22-17(25)15(27-18)7-10-1-4-12(5-2-10)26-9-16(23)24/h1-8H,9H2,(H,23,24)(H,21,22,25)/b15-7+. The molecule has 1 aliphatic rings. The molecule has 27 heavy (non-hydrogen) atoms. The van der Waals surface area contributed by atoms with E-state index in [1.165, 1.54) is 11.8 Å². The number of halogens is 2. The Morgan fingerprint density at radius 3 is 2.59 bits per heavy atom. The minimum atomic E-state index is -1.05. The smallest absolute Gasteiger partial charge is 0.341 e. The van der Waals surface area contributed by atoms with Gasteiger partial charge in [-0.2, -0.15) is 0 Å². The van der Waals surface area contributed by atoms with Crippen molar-refractivity contribution in [1.82, 2.24) is 5.32 Å². The fraction of sp³-hybridized carbons (Fsp3) is 0.0556. The molecule has 6 nitrogen and oxygen atoms in total. The Hall–Kier alpha value is -2.48. The highest BCUT2D eigenvalue weighted by molar-refractivity contribution is 8.18. The number of ether oxygens (including phenoxy) is 1. The molecule has 1 saturated heterocycles. The van der Waals surface area contributed by atoms with Gasteiger partial charge in [-0.15, -0.1) is 0 Å². The van der Waals surface area contributed by atoms with Gasteiger partial charge in [0.2, 0.25) is 0 Å². The minimum Gasteiger partial charge on any atom is -0.482 e. The predicted molar refractivity (Wildman–Crippen MR) is 107 cm³/mol. The van der Waals surface area contributed by atoms with Crippen molar-refractivity contribution in [3.05, 3.63) is 63.0 Å². The lowest BCUT2D eigenvalue weighted by Crippen LogP contribution is -2.19. The van der Waals surface area contributed by atoms with Crippen LogP contribution >= 0.6 is 35.0 Å². The number of carboxylic acids is 1. The molecule has 0 bridgehead atoms. The highest BCUT2D eigenvalue weighted by atomic mass is 35.5. The fourth-order valence-corrected chi connectivity index (χ4v) is 3.24. The van der Waals surface area contributed by atoms with Crippen molar-refractivity contribution in [1.29, 1.82) is 0 Å². The lowest BCUT2D eigenvalue weighted by Gasteiger charge is -2.03. The number of nitrogens with one attached hydrogen (secondary N) is 1. The van der Waals surface area contributed by atoms with E-state index in [0.29, 0.717) is 31.6 Å². The summed E-state index contributed by atoms with van der Waals surface area (Å²) < 4.78 is 5.07. The molecule has 1 heterocycles. The molecule has 1 fully saturated rings. The van der Waals surface area contributed by atoms with Crippen LogP contribution in [0.1, 0.15) is 5.56 Å². The van der Waals surface area contributed by atoms with E-state index in [0.717, 1.165) is 5.56 Å². The number of rotatable bonds is 5. The normalized spacial score (nSPS) is 16.6. The Labute approximate surface area is 168 Å². The second-order valence-corrected chi connectivity index (χ2v) is 7.18. The number of aliphatic imine (C=N–C) groups is 1. The monoisotopic (exact) mass is 422 g/mol. The van der Waals surface area contributed by atoms with Crippen molar-refractivity contribution in [3.8, 4) is 5.75 Å². The Morgan fingerprint density at radius 1 is 1.19 bits per heavy atom. The van der Waals surface area contributed by atoms with Gasteiger partial charge >= 0.3 is 5.97 Å². The van der Waals surface area contributed by atoms with Crippen LogP contribution in [-0.4, -0.2) is 28.8 Å². The maximum atomic E-state index is 12.1. The second kappa shape index (κ2) is 8.47. The molecule has 0 saturated carbocycles. The third-order valence-electron chi connectivity index (χ3n) is 3.32. The van der Waals surface area contributed by atoms with Crippen molar-refractivity contribution in [3.63, 3.8) is 0 Å². The van der Waals surface area contributed by atoms with E-state index in [-0.39, 0.29) is 5.91 Å². The number of hydrogen-bond acceptors (Lipinski definition) is 5. The molecule has 2 N–H and O–H groups in total. The van der Waals surface area contributed by atoms with Crippen LogP contribution in [0.2, 0.25) is 10.0 Å². The van der Waals surface area contributed by atoms with Crippen molar-refractivity contribution in [2.45, 2.75) is 0 Å². The summed E-state index contributed by atoms with van der Waals surface area (Å²) in [6.07, 6.45) is 1.71. The molecule has 138 valence electrons. The molecule has 3 rings (SSSR count). The number of aliphatic carboxylic acids is 1. The summed E-state index contributed by atoms with van der Waals surface area (Å²) >= 11 is 13.0. The molecular weight excluding hydrogens is 411 g/mol. The second-order valence-electron chi connectivity index (χ2n) is 5.33. The molecule has 0 aromatic heterocycles. The first kappa shape index (κ1) is 19.3. The van der Waals surface area contributed by atoms with Crippen LogP contribution in [0.3, 0.4) is 0 Å². The lowest BCUT2D eigenvalue weighted by atomic mass is 10.2. The van der Waals surface area contributed by atoms with Crippen LogP contribution in [0, 0.1) is 0 Å². The molecule has 1 amide bonds. The van der Waals surface area contributed by atoms with E-state index in [9.17, 15) is 9.59 Å². The van der Waals surface area contributed by atoms with Gasteiger partial charge in [0.1, 0.15) is 5.75 Å². The third-order valence-corrected chi connectivity index (χ3v) is 4.97. The molecule has 0 radical (unpaired) electrons. The minimum absolute atomic E-state index is 0.259. The van der Waals surface area contributed by atoms with Gasteiger partial charge in [-0.25, -0.2) is 9.79 Å². The SMILES string of the molecule is O=C(O)COc1ccc(/C=C2/SC(=Nc3ccc(Cl)c(Cl)c3)NC2=O)cc1.